The highest BCUT2D eigenvalue weighted by Gasteiger charge is 2.16. The highest BCUT2D eigenvalue weighted by atomic mass is 16.5. The summed E-state index contributed by atoms with van der Waals surface area (Å²) in [5.41, 5.74) is 3.49. The average Bonchev–Trinajstić information content (AvgIpc) is 3.28. The summed E-state index contributed by atoms with van der Waals surface area (Å²) >= 11 is 0. The van der Waals surface area contributed by atoms with Crippen LogP contribution in [0.5, 0.6) is 0 Å². The van der Waals surface area contributed by atoms with Gasteiger partial charge in [-0.1, -0.05) is 5.16 Å². The minimum absolute atomic E-state index is 0.0953. The smallest absolute Gasteiger partial charge is 0.259 e. The van der Waals surface area contributed by atoms with Gasteiger partial charge in [-0.15, -0.1) is 0 Å². The monoisotopic (exact) mass is 383 g/mol. The molecule has 0 aliphatic rings. The van der Waals surface area contributed by atoms with E-state index in [1.807, 2.05) is 32.0 Å². The predicted molar refractivity (Wildman–Crippen MR) is 104 cm³/mol. The molecule has 8 nitrogen and oxygen atoms in total. The number of amides is 1. The molecule has 0 saturated carbocycles. The Bertz CT molecular complexity index is 917. The molecule has 0 saturated heterocycles. The van der Waals surface area contributed by atoms with Gasteiger partial charge in [-0.25, -0.2) is 0 Å². The summed E-state index contributed by atoms with van der Waals surface area (Å²) in [7, 11) is 1.69. The van der Waals surface area contributed by atoms with Crippen molar-refractivity contribution in [1.82, 2.24) is 25.0 Å². The van der Waals surface area contributed by atoms with Crippen molar-refractivity contribution in [2.75, 3.05) is 20.3 Å². The molecule has 28 heavy (non-hydrogen) atoms. The van der Waals surface area contributed by atoms with Gasteiger partial charge >= 0.3 is 0 Å². The van der Waals surface area contributed by atoms with Crippen molar-refractivity contribution in [2.45, 2.75) is 33.2 Å². The Labute approximate surface area is 163 Å². The largest absolute Gasteiger partial charge is 0.385 e. The molecule has 0 radical (unpaired) electrons. The fraction of sp³-hybridized carbons (Fsp3) is 0.400. The Balaban J connectivity index is 1.55. The molecule has 0 atom stereocenters. The third kappa shape index (κ3) is 4.64. The molecule has 1 N–H and O–H groups in total. The van der Waals surface area contributed by atoms with Crippen molar-refractivity contribution < 1.29 is 14.1 Å². The maximum Gasteiger partial charge on any atom is 0.259 e. The first-order valence-corrected chi connectivity index (χ1v) is 9.27. The number of hydrogen-bond donors (Lipinski definition) is 1. The molecule has 0 aliphatic carbocycles. The fourth-order valence-corrected chi connectivity index (χ4v) is 3.09. The normalized spacial score (nSPS) is 11.0. The maximum absolute atomic E-state index is 12.6. The Hall–Kier alpha value is -3.00. The van der Waals surface area contributed by atoms with Crippen molar-refractivity contribution in [3.05, 3.63) is 53.4 Å². The molecular formula is C20H25N5O3. The summed E-state index contributed by atoms with van der Waals surface area (Å²) < 4.78 is 12.5. The highest BCUT2D eigenvalue weighted by Crippen LogP contribution is 2.16. The van der Waals surface area contributed by atoms with Gasteiger partial charge in [-0.2, -0.15) is 4.98 Å². The molecule has 8 heteroatoms. The summed E-state index contributed by atoms with van der Waals surface area (Å²) in [4.78, 5) is 20.9. The van der Waals surface area contributed by atoms with Crippen LogP contribution in [0.15, 0.2) is 35.1 Å². The van der Waals surface area contributed by atoms with Gasteiger partial charge in [0.25, 0.3) is 11.8 Å². The molecule has 3 aromatic heterocycles. The van der Waals surface area contributed by atoms with Crippen LogP contribution < -0.4 is 5.32 Å². The van der Waals surface area contributed by atoms with E-state index in [1.165, 1.54) is 0 Å². The number of nitrogens with zero attached hydrogens (tertiary/aromatic N) is 4. The number of pyridine rings is 1. The molecular weight excluding hydrogens is 358 g/mol. The summed E-state index contributed by atoms with van der Waals surface area (Å²) in [5, 5.41) is 6.89. The number of aryl methyl sites for hydroxylation is 1. The van der Waals surface area contributed by atoms with Crippen LogP contribution in [0.3, 0.4) is 0 Å². The van der Waals surface area contributed by atoms with E-state index in [0.717, 1.165) is 29.9 Å². The minimum Gasteiger partial charge on any atom is -0.385 e. The summed E-state index contributed by atoms with van der Waals surface area (Å²) in [6.45, 7) is 5.94. The first-order valence-electron chi connectivity index (χ1n) is 9.27. The van der Waals surface area contributed by atoms with Gasteiger partial charge < -0.3 is 19.1 Å². The zero-order chi connectivity index (χ0) is 19.9. The van der Waals surface area contributed by atoms with Crippen LogP contribution >= 0.6 is 0 Å². The van der Waals surface area contributed by atoms with E-state index in [0.29, 0.717) is 36.9 Å². The molecule has 0 aromatic carbocycles. The molecule has 0 bridgehead atoms. The second-order valence-electron chi connectivity index (χ2n) is 6.55. The molecule has 0 spiro atoms. The highest BCUT2D eigenvalue weighted by molar-refractivity contribution is 5.95. The molecule has 3 heterocycles. The lowest BCUT2D eigenvalue weighted by atomic mass is 10.2. The topological polar surface area (TPSA) is 95.1 Å². The van der Waals surface area contributed by atoms with Crippen LogP contribution in [0.4, 0.5) is 0 Å². The molecule has 0 aliphatic heterocycles. The third-order valence-electron chi connectivity index (χ3n) is 4.56. The maximum atomic E-state index is 12.6. The van der Waals surface area contributed by atoms with Gasteiger partial charge in [0.15, 0.2) is 5.82 Å². The Morgan fingerprint density at radius 3 is 2.96 bits per heavy atom. The van der Waals surface area contributed by atoms with Crippen LogP contribution in [0, 0.1) is 13.8 Å². The van der Waals surface area contributed by atoms with Gasteiger partial charge in [0.1, 0.15) is 0 Å². The molecule has 3 aromatic rings. The number of rotatable bonds is 9. The number of carbonyl (C=O) groups excluding carboxylic acids is 1. The Kier molecular flexibility index (Phi) is 6.54. The molecule has 1 amide bonds. The number of aromatic nitrogens is 4. The Morgan fingerprint density at radius 1 is 1.36 bits per heavy atom. The van der Waals surface area contributed by atoms with E-state index in [4.69, 9.17) is 9.26 Å². The number of carbonyl (C=O) groups is 1. The van der Waals surface area contributed by atoms with Gasteiger partial charge in [-0.05, 0) is 38.5 Å². The number of nitrogens with one attached hydrogen (secondary N) is 1. The molecule has 3 rings (SSSR count). The number of ether oxygens (including phenoxy) is 1. The lowest BCUT2D eigenvalue weighted by Crippen LogP contribution is -2.26. The van der Waals surface area contributed by atoms with Crippen LogP contribution in [-0.4, -0.2) is 45.9 Å². The van der Waals surface area contributed by atoms with E-state index in [9.17, 15) is 4.79 Å². The number of hydrogen-bond acceptors (Lipinski definition) is 6. The fourth-order valence-electron chi connectivity index (χ4n) is 3.09. The van der Waals surface area contributed by atoms with Crippen molar-refractivity contribution in [1.29, 1.82) is 0 Å². The minimum atomic E-state index is -0.0953. The zero-order valence-corrected chi connectivity index (χ0v) is 16.4. The summed E-state index contributed by atoms with van der Waals surface area (Å²) in [6.07, 6.45) is 4.75. The average molecular weight is 383 g/mol. The van der Waals surface area contributed by atoms with Crippen molar-refractivity contribution >= 4 is 5.91 Å². The summed E-state index contributed by atoms with van der Waals surface area (Å²) in [6, 6.07) is 5.59. The zero-order valence-electron chi connectivity index (χ0n) is 16.4. The van der Waals surface area contributed by atoms with E-state index in [-0.39, 0.29) is 5.91 Å². The predicted octanol–water partition coefficient (Wildman–Crippen LogP) is 2.56. The first-order chi connectivity index (χ1) is 13.6. The molecule has 148 valence electrons. The van der Waals surface area contributed by atoms with E-state index in [1.54, 1.807) is 19.5 Å². The van der Waals surface area contributed by atoms with Crippen molar-refractivity contribution in [3.8, 4) is 11.5 Å². The third-order valence-corrected chi connectivity index (χ3v) is 4.56. The quantitative estimate of drug-likeness (QED) is 0.571. The van der Waals surface area contributed by atoms with Gasteiger partial charge in [0.2, 0.25) is 0 Å². The van der Waals surface area contributed by atoms with Gasteiger partial charge in [0, 0.05) is 57.0 Å². The SMILES string of the molecule is COCCCn1c(C)cc(C(=O)NCCc2noc(-c3cccnc3)n2)c1C. The van der Waals surface area contributed by atoms with E-state index >= 15 is 0 Å². The van der Waals surface area contributed by atoms with Crippen LogP contribution in [0.2, 0.25) is 0 Å². The van der Waals surface area contributed by atoms with Gasteiger partial charge in [-0.3, -0.25) is 9.78 Å². The Morgan fingerprint density at radius 2 is 2.21 bits per heavy atom. The van der Waals surface area contributed by atoms with Gasteiger partial charge in [0.05, 0.1) is 11.1 Å². The van der Waals surface area contributed by atoms with Crippen LogP contribution in [0.1, 0.15) is 34.0 Å². The van der Waals surface area contributed by atoms with Crippen LogP contribution in [0.25, 0.3) is 11.5 Å². The van der Waals surface area contributed by atoms with Crippen molar-refractivity contribution in [3.63, 3.8) is 0 Å². The molecule has 0 fully saturated rings. The lowest BCUT2D eigenvalue weighted by Gasteiger charge is -2.09. The second kappa shape index (κ2) is 9.27. The standard InChI is InChI=1S/C20H25N5O3/c1-14-12-17(15(2)25(14)10-5-11-27-3)19(26)22-9-7-18-23-20(28-24-18)16-6-4-8-21-13-16/h4,6,8,12-13H,5,7,9-11H2,1-3H3,(H,22,26). The number of methoxy groups -OCH3 is 1. The van der Waals surface area contributed by atoms with Crippen LogP contribution in [-0.2, 0) is 17.7 Å². The van der Waals surface area contributed by atoms with Crippen molar-refractivity contribution in [2.24, 2.45) is 0 Å². The van der Waals surface area contributed by atoms with E-state index in [2.05, 4.69) is 25.0 Å². The first kappa shape index (κ1) is 19.8. The summed E-state index contributed by atoms with van der Waals surface area (Å²) in [5.74, 6) is 0.875. The second-order valence-corrected chi connectivity index (χ2v) is 6.55. The van der Waals surface area contributed by atoms with E-state index < -0.39 is 0 Å². The lowest BCUT2D eigenvalue weighted by molar-refractivity contribution is 0.0953. The molecule has 0 unspecified atom stereocenters.